The summed E-state index contributed by atoms with van der Waals surface area (Å²) < 4.78 is 5.68. The van der Waals surface area contributed by atoms with E-state index in [9.17, 15) is 9.90 Å². The van der Waals surface area contributed by atoms with E-state index in [1.807, 2.05) is 36.6 Å². The minimum absolute atomic E-state index is 0.192. The van der Waals surface area contributed by atoms with Crippen LogP contribution in [0.2, 0.25) is 0 Å². The number of hydrogen-bond donors (Lipinski definition) is 1. The molecule has 104 valence electrons. The summed E-state index contributed by atoms with van der Waals surface area (Å²) in [5.74, 6) is -0.0282. The number of aromatic nitrogens is 1. The van der Waals surface area contributed by atoms with Gasteiger partial charge in [-0.1, -0.05) is 18.2 Å². The van der Waals surface area contributed by atoms with Gasteiger partial charge in [-0.15, -0.1) is 11.3 Å². The van der Waals surface area contributed by atoms with E-state index in [2.05, 4.69) is 4.98 Å². The number of nitrogens with zero attached hydrogens (tertiary/aromatic N) is 1. The molecule has 0 aliphatic carbocycles. The first-order chi connectivity index (χ1) is 9.59. The SMILES string of the molecule is Cc1csc(CC2(C(=O)O)COc3ccccc3C2)n1. The normalized spacial score (nSPS) is 21.1. The van der Waals surface area contributed by atoms with Crippen LogP contribution in [0.5, 0.6) is 5.75 Å². The zero-order chi connectivity index (χ0) is 14.2. The van der Waals surface area contributed by atoms with Crippen LogP contribution in [0.1, 0.15) is 16.3 Å². The number of hydrogen-bond acceptors (Lipinski definition) is 4. The van der Waals surface area contributed by atoms with Crippen LogP contribution < -0.4 is 4.74 Å². The van der Waals surface area contributed by atoms with Gasteiger partial charge in [0.1, 0.15) is 17.8 Å². The Hall–Kier alpha value is -1.88. The second-order valence-electron chi connectivity index (χ2n) is 5.22. The molecular formula is C15H15NO3S. The Morgan fingerprint density at radius 3 is 3.00 bits per heavy atom. The molecule has 0 saturated carbocycles. The van der Waals surface area contributed by atoms with Gasteiger partial charge in [0.05, 0.1) is 5.01 Å². The minimum Gasteiger partial charge on any atom is -0.492 e. The number of rotatable bonds is 3. The summed E-state index contributed by atoms with van der Waals surface area (Å²) in [6, 6.07) is 7.62. The molecular weight excluding hydrogens is 274 g/mol. The molecule has 0 bridgehead atoms. The Morgan fingerprint density at radius 1 is 1.50 bits per heavy atom. The van der Waals surface area contributed by atoms with Crippen molar-refractivity contribution in [1.82, 2.24) is 4.98 Å². The van der Waals surface area contributed by atoms with E-state index in [0.29, 0.717) is 12.8 Å². The van der Waals surface area contributed by atoms with Gasteiger partial charge >= 0.3 is 5.97 Å². The van der Waals surface area contributed by atoms with Crippen LogP contribution in [0.3, 0.4) is 0 Å². The lowest BCUT2D eigenvalue weighted by Crippen LogP contribution is -2.43. The van der Waals surface area contributed by atoms with Crippen LogP contribution in [-0.2, 0) is 17.6 Å². The van der Waals surface area contributed by atoms with Crippen molar-refractivity contribution in [3.05, 3.63) is 45.9 Å². The molecule has 20 heavy (non-hydrogen) atoms. The summed E-state index contributed by atoms with van der Waals surface area (Å²) in [5.41, 5.74) is 0.968. The quantitative estimate of drug-likeness (QED) is 0.943. The minimum atomic E-state index is -0.918. The first-order valence-corrected chi connectivity index (χ1v) is 7.32. The molecule has 2 heterocycles. The second kappa shape index (κ2) is 4.90. The highest BCUT2D eigenvalue weighted by atomic mass is 32.1. The van der Waals surface area contributed by atoms with Crippen molar-refractivity contribution in [3.8, 4) is 5.75 Å². The highest BCUT2D eigenvalue weighted by molar-refractivity contribution is 7.09. The van der Waals surface area contributed by atoms with E-state index in [0.717, 1.165) is 22.0 Å². The molecule has 4 nitrogen and oxygen atoms in total. The number of aryl methyl sites for hydroxylation is 1. The van der Waals surface area contributed by atoms with Crippen molar-refractivity contribution in [2.45, 2.75) is 19.8 Å². The number of fused-ring (bicyclic) bond motifs is 1. The Kier molecular flexibility index (Phi) is 3.22. The lowest BCUT2D eigenvalue weighted by molar-refractivity contribution is -0.151. The van der Waals surface area contributed by atoms with Crippen molar-refractivity contribution in [2.24, 2.45) is 5.41 Å². The number of thiazole rings is 1. The average molecular weight is 289 g/mol. The predicted molar refractivity (Wildman–Crippen MR) is 76.3 cm³/mol. The smallest absolute Gasteiger partial charge is 0.313 e. The zero-order valence-corrected chi connectivity index (χ0v) is 11.9. The van der Waals surface area contributed by atoms with Crippen molar-refractivity contribution in [1.29, 1.82) is 0 Å². The first-order valence-electron chi connectivity index (χ1n) is 6.44. The zero-order valence-electron chi connectivity index (χ0n) is 11.1. The Labute approximate surface area is 121 Å². The number of para-hydroxylation sites is 1. The molecule has 0 saturated heterocycles. The van der Waals surface area contributed by atoms with Gasteiger partial charge in [0.2, 0.25) is 0 Å². The van der Waals surface area contributed by atoms with E-state index in [-0.39, 0.29) is 6.61 Å². The number of ether oxygens (including phenoxy) is 1. The lowest BCUT2D eigenvalue weighted by Gasteiger charge is -2.33. The fourth-order valence-electron chi connectivity index (χ4n) is 2.52. The highest BCUT2D eigenvalue weighted by Crippen LogP contribution is 2.37. The van der Waals surface area contributed by atoms with Crippen LogP contribution in [0.4, 0.5) is 0 Å². The van der Waals surface area contributed by atoms with Gasteiger partial charge in [-0.05, 0) is 25.0 Å². The number of carbonyl (C=O) groups is 1. The van der Waals surface area contributed by atoms with Crippen LogP contribution in [0, 0.1) is 12.3 Å². The molecule has 1 atom stereocenters. The van der Waals surface area contributed by atoms with E-state index < -0.39 is 11.4 Å². The van der Waals surface area contributed by atoms with E-state index in [1.165, 1.54) is 11.3 Å². The number of carboxylic acid groups (broad SMARTS) is 1. The van der Waals surface area contributed by atoms with Gasteiger partial charge in [-0.2, -0.15) is 0 Å². The third-order valence-corrected chi connectivity index (χ3v) is 4.58. The van der Waals surface area contributed by atoms with Crippen LogP contribution in [0.25, 0.3) is 0 Å². The van der Waals surface area contributed by atoms with Gasteiger partial charge in [0, 0.05) is 17.5 Å². The largest absolute Gasteiger partial charge is 0.492 e. The lowest BCUT2D eigenvalue weighted by atomic mass is 9.78. The molecule has 1 aromatic heterocycles. The topological polar surface area (TPSA) is 59.4 Å². The fourth-order valence-corrected chi connectivity index (χ4v) is 3.44. The molecule has 1 aromatic carbocycles. The van der Waals surface area contributed by atoms with Gasteiger partial charge in [0.15, 0.2) is 0 Å². The second-order valence-corrected chi connectivity index (χ2v) is 6.16. The maximum Gasteiger partial charge on any atom is 0.313 e. The Balaban J connectivity index is 1.92. The molecule has 5 heteroatoms. The molecule has 0 spiro atoms. The Bertz CT molecular complexity index is 652. The molecule has 0 amide bonds. The van der Waals surface area contributed by atoms with Crippen molar-refractivity contribution < 1.29 is 14.6 Å². The Morgan fingerprint density at radius 2 is 2.30 bits per heavy atom. The standard InChI is InChI=1S/C15H15NO3S/c1-10-8-20-13(16-10)7-15(14(17)18)6-11-4-2-3-5-12(11)19-9-15/h2-5,8H,6-7,9H2,1H3,(H,17,18). The summed E-state index contributed by atoms with van der Waals surface area (Å²) in [5, 5.41) is 12.5. The highest BCUT2D eigenvalue weighted by Gasteiger charge is 2.43. The van der Waals surface area contributed by atoms with E-state index in [4.69, 9.17) is 4.74 Å². The monoisotopic (exact) mass is 289 g/mol. The molecule has 1 unspecified atom stereocenters. The molecule has 1 N–H and O–H groups in total. The summed E-state index contributed by atoms with van der Waals surface area (Å²) in [7, 11) is 0. The summed E-state index contributed by atoms with van der Waals surface area (Å²) >= 11 is 1.51. The molecule has 1 aliphatic heterocycles. The maximum atomic E-state index is 11.8. The van der Waals surface area contributed by atoms with E-state index in [1.54, 1.807) is 0 Å². The van der Waals surface area contributed by atoms with Crippen LogP contribution in [0.15, 0.2) is 29.6 Å². The fraction of sp³-hybridized carbons (Fsp3) is 0.333. The number of benzene rings is 1. The third kappa shape index (κ3) is 2.29. The molecule has 0 radical (unpaired) electrons. The molecule has 3 rings (SSSR count). The molecule has 1 aliphatic rings. The van der Waals surface area contributed by atoms with Gasteiger partial charge < -0.3 is 9.84 Å². The molecule has 2 aromatic rings. The van der Waals surface area contributed by atoms with Crippen molar-refractivity contribution in [3.63, 3.8) is 0 Å². The maximum absolute atomic E-state index is 11.8. The molecule has 0 fully saturated rings. The summed E-state index contributed by atoms with van der Waals surface area (Å²) in [6.07, 6.45) is 0.895. The number of carboxylic acids is 1. The average Bonchev–Trinajstić information content (AvgIpc) is 2.83. The van der Waals surface area contributed by atoms with Gasteiger partial charge in [0.25, 0.3) is 0 Å². The van der Waals surface area contributed by atoms with Crippen molar-refractivity contribution in [2.75, 3.05) is 6.61 Å². The van der Waals surface area contributed by atoms with Crippen LogP contribution >= 0.6 is 11.3 Å². The summed E-state index contributed by atoms with van der Waals surface area (Å²) in [4.78, 5) is 16.2. The van der Waals surface area contributed by atoms with Gasteiger partial charge in [-0.3, -0.25) is 4.79 Å². The van der Waals surface area contributed by atoms with Gasteiger partial charge in [-0.25, -0.2) is 4.98 Å². The summed E-state index contributed by atoms with van der Waals surface area (Å²) in [6.45, 7) is 2.11. The first kappa shape index (κ1) is 13.1. The predicted octanol–water partition coefficient (Wildman–Crippen LogP) is 2.70. The van der Waals surface area contributed by atoms with Crippen molar-refractivity contribution >= 4 is 17.3 Å². The van der Waals surface area contributed by atoms with Crippen LogP contribution in [-0.4, -0.2) is 22.7 Å². The third-order valence-electron chi connectivity index (χ3n) is 3.62. The van der Waals surface area contributed by atoms with E-state index >= 15 is 0 Å². The number of aliphatic carboxylic acids is 1.